The summed E-state index contributed by atoms with van der Waals surface area (Å²) in [6.45, 7) is 15.5. The maximum Gasteiger partial charge on any atom is 0.514 e. The van der Waals surface area contributed by atoms with Gasteiger partial charge in [-0.05, 0) is 87.3 Å². The molecule has 3 aliphatic carbocycles. The Morgan fingerprint density at radius 3 is 2.18 bits per heavy atom. The van der Waals surface area contributed by atoms with Gasteiger partial charge in [0.25, 0.3) is 5.88 Å². The van der Waals surface area contributed by atoms with Crippen molar-refractivity contribution in [1.82, 2.24) is 10.1 Å². The van der Waals surface area contributed by atoms with Gasteiger partial charge < -0.3 is 28.3 Å². The van der Waals surface area contributed by atoms with E-state index in [9.17, 15) is 9.90 Å². The molecule has 0 unspecified atom stereocenters. The number of ether oxygens (including phenoxy) is 3. The molecule has 0 spiro atoms. The number of nitrogens with zero attached hydrogens (tertiary/aromatic N) is 2. The minimum atomic E-state index is -2.98. The van der Waals surface area contributed by atoms with Crippen molar-refractivity contribution in [1.29, 1.82) is 0 Å². The van der Waals surface area contributed by atoms with Crippen LogP contribution in [0.1, 0.15) is 98.3 Å². The second-order valence-corrected chi connectivity index (χ2v) is 22.8. The maximum atomic E-state index is 16.1. The van der Waals surface area contributed by atoms with Crippen LogP contribution in [-0.4, -0.2) is 66.5 Å². The Balaban J connectivity index is 1.47. The number of aliphatic hydroxyl groups is 1. The van der Waals surface area contributed by atoms with E-state index in [1.807, 2.05) is 98.8 Å². The Bertz CT molecular complexity index is 2230. The lowest BCUT2D eigenvalue weighted by molar-refractivity contribution is -0.140. The summed E-state index contributed by atoms with van der Waals surface area (Å²) in [6, 6.07) is 23.8. The van der Waals surface area contributed by atoms with Crippen LogP contribution in [0.25, 0.3) is 5.76 Å². The van der Waals surface area contributed by atoms with Crippen LogP contribution in [0, 0.1) is 11.8 Å². The zero-order valence-corrected chi connectivity index (χ0v) is 35.3. The first-order valence-electron chi connectivity index (χ1n) is 19.4. The summed E-state index contributed by atoms with van der Waals surface area (Å²) in [5.41, 5.74) is -0.255. The molecule has 0 bridgehead atoms. The lowest BCUT2D eigenvalue weighted by atomic mass is 9.54. The van der Waals surface area contributed by atoms with Crippen molar-refractivity contribution < 1.29 is 42.6 Å². The van der Waals surface area contributed by atoms with Crippen LogP contribution in [0.5, 0.6) is 11.6 Å². The molecule has 0 aliphatic heterocycles. The molecule has 1 aromatic heterocycles. The van der Waals surface area contributed by atoms with Crippen LogP contribution in [0.4, 0.5) is 4.79 Å². The van der Waals surface area contributed by atoms with Crippen LogP contribution in [0.15, 0.2) is 89.0 Å². The molecular formula is C45H52N2O9Si. The van der Waals surface area contributed by atoms with Crippen LogP contribution >= 0.6 is 0 Å². The number of carbonyl (C=O) groups is 3. The summed E-state index contributed by atoms with van der Waals surface area (Å²) in [7, 11) is 0.787. The lowest BCUT2D eigenvalue weighted by Gasteiger charge is -2.56. The van der Waals surface area contributed by atoms with Gasteiger partial charge in [0, 0.05) is 23.3 Å². The third-order valence-electron chi connectivity index (χ3n) is 11.9. The third kappa shape index (κ3) is 6.91. The van der Waals surface area contributed by atoms with Gasteiger partial charge in [-0.15, -0.1) is 0 Å². The number of aliphatic hydroxyl groups excluding tert-OH is 1. The zero-order valence-electron chi connectivity index (χ0n) is 34.3. The molecule has 0 radical (unpaired) electrons. The minimum absolute atomic E-state index is 0.0273. The predicted molar refractivity (Wildman–Crippen MR) is 217 cm³/mol. The molecule has 57 heavy (non-hydrogen) atoms. The topological polar surface area (TPSA) is 138 Å². The van der Waals surface area contributed by atoms with Gasteiger partial charge in [-0.1, -0.05) is 93.6 Å². The van der Waals surface area contributed by atoms with Gasteiger partial charge in [0.15, 0.2) is 19.7 Å². The molecule has 5 atom stereocenters. The number of benzene rings is 3. The molecule has 1 fully saturated rings. The van der Waals surface area contributed by atoms with Crippen molar-refractivity contribution in [2.45, 2.75) is 95.9 Å². The first-order valence-corrected chi connectivity index (χ1v) is 22.3. The van der Waals surface area contributed by atoms with Crippen LogP contribution < -0.4 is 9.47 Å². The van der Waals surface area contributed by atoms with E-state index in [-0.39, 0.29) is 47.1 Å². The third-order valence-corrected chi connectivity index (χ3v) is 16.4. The van der Waals surface area contributed by atoms with Crippen molar-refractivity contribution in [3.8, 4) is 11.6 Å². The normalized spacial score (nSPS) is 23.4. The summed E-state index contributed by atoms with van der Waals surface area (Å²) in [4.78, 5) is 46.8. The molecule has 0 saturated heterocycles. The average molecular weight is 793 g/mol. The van der Waals surface area contributed by atoms with Crippen LogP contribution in [0.3, 0.4) is 0 Å². The SMILES string of the molecule is CN(C)[C@@H]1c2onc(OCc3ccccc3)c2C(=O)[C@@]2(O[Si](C)(C)C(C)(C)C)C(=O)C3=C(O)c4c(OC(=O)OC(C)(C)C)cccc4[C@H](c4ccccc4)[C@H]3C[C@@H]12. The van der Waals surface area contributed by atoms with Crippen molar-refractivity contribution in [2.75, 3.05) is 14.1 Å². The number of ketones is 2. The molecule has 12 heteroatoms. The number of fused-ring (bicyclic) bond motifs is 4. The molecule has 4 aromatic rings. The smallest absolute Gasteiger partial charge is 0.507 e. The summed E-state index contributed by atoms with van der Waals surface area (Å²) in [5, 5.41) is 16.4. The Hall–Kier alpha value is -5.04. The Labute approximate surface area is 335 Å². The molecule has 1 N–H and O–H groups in total. The van der Waals surface area contributed by atoms with E-state index < -0.39 is 66.1 Å². The molecule has 1 saturated carbocycles. The summed E-state index contributed by atoms with van der Waals surface area (Å²) < 4.78 is 30.8. The standard InChI is InChI=1S/C45H52N2O9Si/c1-43(2,3)54-42(51)53-31-23-17-22-28-32(27-20-15-12-16-21-27)29-24-30-36(47(7)8)38-35(41(46-55-38)52-25-26-18-13-11-14-19-26)40(50)45(30,56-57(9,10)44(4,5)6)39(49)34(29)37(48)33(28)31/h11-23,29-30,32,36,48H,24-25H2,1-10H3/t29-,30+,32+,36+,45+/m1/s1. The Morgan fingerprint density at radius 1 is 0.912 bits per heavy atom. The van der Waals surface area contributed by atoms with E-state index in [2.05, 4.69) is 25.9 Å². The highest BCUT2D eigenvalue weighted by Crippen LogP contribution is 2.62. The molecule has 3 aliphatic rings. The predicted octanol–water partition coefficient (Wildman–Crippen LogP) is 9.45. The Morgan fingerprint density at radius 2 is 1.56 bits per heavy atom. The summed E-state index contributed by atoms with van der Waals surface area (Å²) >= 11 is 0. The second-order valence-electron chi connectivity index (χ2n) is 18.1. The average Bonchev–Trinajstić information content (AvgIpc) is 3.55. The molecule has 7 rings (SSSR count). The van der Waals surface area contributed by atoms with E-state index >= 15 is 9.59 Å². The van der Waals surface area contributed by atoms with E-state index in [1.54, 1.807) is 32.9 Å². The fourth-order valence-electron chi connectivity index (χ4n) is 8.44. The molecule has 0 amide bonds. The van der Waals surface area contributed by atoms with Crippen molar-refractivity contribution in [3.63, 3.8) is 0 Å². The van der Waals surface area contributed by atoms with Gasteiger partial charge >= 0.3 is 6.16 Å². The van der Waals surface area contributed by atoms with E-state index in [0.717, 1.165) is 11.1 Å². The van der Waals surface area contributed by atoms with Gasteiger partial charge in [-0.2, -0.15) is 0 Å². The monoisotopic (exact) mass is 792 g/mol. The molecular weight excluding hydrogens is 741 g/mol. The van der Waals surface area contributed by atoms with Gasteiger partial charge in [-0.3, -0.25) is 14.5 Å². The fraction of sp³-hybridized carbons (Fsp3) is 0.422. The summed E-state index contributed by atoms with van der Waals surface area (Å²) in [6.07, 6.45) is -0.704. The van der Waals surface area contributed by atoms with E-state index in [1.165, 1.54) is 0 Å². The quantitative estimate of drug-likeness (QED) is 0.0791. The molecule has 1 heterocycles. The lowest BCUT2D eigenvalue weighted by Crippen LogP contribution is -2.68. The summed E-state index contributed by atoms with van der Waals surface area (Å²) in [5.74, 6) is -3.17. The van der Waals surface area contributed by atoms with Crippen LogP contribution in [0.2, 0.25) is 18.1 Å². The fourth-order valence-corrected chi connectivity index (χ4v) is 9.89. The Kier molecular flexibility index (Phi) is 10.2. The highest BCUT2D eigenvalue weighted by molar-refractivity contribution is 6.74. The zero-order chi connectivity index (χ0) is 41.2. The molecule has 300 valence electrons. The number of hydrogen-bond acceptors (Lipinski definition) is 11. The number of carbonyl (C=O) groups excluding carboxylic acids is 3. The highest BCUT2D eigenvalue weighted by atomic mass is 28.4. The van der Waals surface area contributed by atoms with Crippen molar-refractivity contribution in [3.05, 3.63) is 118 Å². The first-order chi connectivity index (χ1) is 26.8. The minimum Gasteiger partial charge on any atom is -0.507 e. The van der Waals surface area contributed by atoms with Crippen molar-refractivity contribution >= 4 is 31.8 Å². The number of aromatic nitrogens is 1. The van der Waals surface area contributed by atoms with Gasteiger partial charge in [0.05, 0.1) is 11.6 Å². The molecule has 3 aromatic carbocycles. The number of hydrogen-bond donors (Lipinski definition) is 1. The van der Waals surface area contributed by atoms with Crippen molar-refractivity contribution in [2.24, 2.45) is 11.8 Å². The van der Waals surface area contributed by atoms with E-state index in [4.69, 9.17) is 23.2 Å². The largest absolute Gasteiger partial charge is 0.514 e. The van der Waals surface area contributed by atoms with Crippen LogP contribution in [-0.2, 0) is 20.6 Å². The highest BCUT2D eigenvalue weighted by Gasteiger charge is 2.69. The van der Waals surface area contributed by atoms with Gasteiger partial charge in [0.1, 0.15) is 29.3 Å². The second kappa shape index (κ2) is 14.4. The van der Waals surface area contributed by atoms with Gasteiger partial charge in [0.2, 0.25) is 11.6 Å². The number of rotatable bonds is 8. The molecule has 11 nitrogen and oxygen atoms in total. The number of Topliss-reactive ketones (excluding diaryl/α,β-unsaturated/α-hetero) is 2. The first kappa shape index (κ1) is 40.2. The van der Waals surface area contributed by atoms with Gasteiger partial charge in [-0.25, -0.2) is 4.79 Å². The maximum absolute atomic E-state index is 16.1. The van der Waals surface area contributed by atoms with E-state index in [0.29, 0.717) is 11.3 Å².